The van der Waals surface area contributed by atoms with Crippen molar-refractivity contribution in [2.45, 2.75) is 11.8 Å². The van der Waals surface area contributed by atoms with Gasteiger partial charge >= 0.3 is 0 Å². The van der Waals surface area contributed by atoms with Crippen molar-refractivity contribution in [3.05, 3.63) is 23.8 Å². The van der Waals surface area contributed by atoms with Crippen LogP contribution in [0.15, 0.2) is 23.1 Å². The lowest BCUT2D eigenvalue weighted by Gasteiger charge is -2.03. The molecule has 0 heterocycles. The van der Waals surface area contributed by atoms with E-state index in [9.17, 15) is 9.32 Å². The van der Waals surface area contributed by atoms with Crippen LogP contribution in [0, 0.1) is 6.92 Å². The molecule has 0 bridgehead atoms. The lowest BCUT2D eigenvalue weighted by Crippen LogP contribution is -1.91. The Kier molecular flexibility index (Phi) is 2.29. The molecule has 1 unspecified atom stereocenters. The Bertz CT molecular complexity index is 274. The number of benzene rings is 1. The van der Waals surface area contributed by atoms with Crippen LogP contribution in [0.4, 0.5) is 0 Å². The van der Waals surface area contributed by atoms with Gasteiger partial charge in [0.05, 0.1) is 15.7 Å². The van der Waals surface area contributed by atoms with Gasteiger partial charge in [0.25, 0.3) is 0 Å². The second kappa shape index (κ2) is 3.05. The molecule has 0 saturated carbocycles. The third-order valence-corrected chi connectivity index (χ3v) is 2.58. The lowest BCUT2D eigenvalue weighted by molar-refractivity contribution is 0.460. The van der Waals surface area contributed by atoms with Crippen molar-refractivity contribution in [1.82, 2.24) is 0 Å². The molecule has 0 radical (unpaired) electrons. The Balaban J connectivity index is 3.32. The fourth-order valence-electron chi connectivity index (χ4n) is 1.01. The minimum absolute atomic E-state index is 0.117. The molecule has 1 atom stereocenters. The van der Waals surface area contributed by atoms with Gasteiger partial charge in [0.2, 0.25) is 0 Å². The number of hydrogen-bond acceptors (Lipinski definition) is 2. The summed E-state index contributed by atoms with van der Waals surface area (Å²) in [6.07, 6.45) is 1.56. The molecule has 0 aliphatic carbocycles. The Labute approximate surface area is 68.3 Å². The second-order valence-corrected chi connectivity index (χ2v) is 3.69. The summed E-state index contributed by atoms with van der Waals surface area (Å²) in [7, 11) is -1.10. The van der Waals surface area contributed by atoms with Gasteiger partial charge in [-0.2, -0.15) is 0 Å². The Morgan fingerprint density at radius 3 is 2.45 bits per heavy atom. The van der Waals surface area contributed by atoms with Crippen LogP contribution in [-0.2, 0) is 10.8 Å². The quantitative estimate of drug-likeness (QED) is 0.692. The van der Waals surface area contributed by atoms with Gasteiger partial charge in [-0.3, -0.25) is 4.21 Å². The first-order chi connectivity index (χ1) is 5.13. The number of aromatic hydroxyl groups is 1. The van der Waals surface area contributed by atoms with Crippen LogP contribution >= 0.6 is 0 Å². The van der Waals surface area contributed by atoms with Gasteiger partial charge in [-0.25, -0.2) is 0 Å². The van der Waals surface area contributed by atoms with Crippen molar-refractivity contribution in [2.24, 2.45) is 0 Å². The summed E-state index contributed by atoms with van der Waals surface area (Å²) in [5.41, 5.74) is 0.867. The molecule has 3 heteroatoms. The molecule has 0 aromatic heterocycles. The van der Waals surface area contributed by atoms with E-state index in [2.05, 4.69) is 0 Å². The number of phenols is 1. The van der Waals surface area contributed by atoms with Crippen LogP contribution in [0.25, 0.3) is 0 Å². The van der Waals surface area contributed by atoms with Gasteiger partial charge in [-0.1, -0.05) is 12.1 Å². The monoisotopic (exact) mass is 170 g/mol. The van der Waals surface area contributed by atoms with E-state index < -0.39 is 10.8 Å². The van der Waals surface area contributed by atoms with Crippen LogP contribution in [0.3, 0.4) is 0 Å². The predicted molar refractivity (Wildman–Crippen MR) is 45.2 cm³/mol. The smallest absolute Gasteiger partial charge is 0.131 e. The van der Waals surface area contributed by atoms with Gasteiger partial charge in [0.1, 0.15) is 5.75 Å². The van der Waals surface area contributed by atoms with Crippen LogP contribution < -0.4 is 0 Å². The van der Waals surface area contributed by atoms with Gasteiger partial charge < -0.3 is 5.11 Å². The molecule has 60 valence electrons. The Morgan fingerprint density at radius 2 is 2.09 bits per heavy atom. The highest BCUT2D eigenvalue weighted by molar-refractivity contribution is 7.84. The zero-order valence-electron chi connectivity index (χ0n) is 6.50. The van der Waals surface area contributed by atoms with Crippen molar-refractivity contribution >= 4 is 10.8 Å². The number of rotatable bonds is 1. The molecule has 1 aromatic rings. The van der Waals surface area contributed by atoms with E-state index in [0.29, 0.717) is 4.90 Å². The van der Waals surface area contributed by atoms with Crippen LogP contribution in [0.1, 0.15) is 5.56 Å². The van der Waals surface area contributed by atoms with E-state index in [0.717, 1.165) is 5.56 Å². The average Bonchev–Trinajstić information content (AvgIpc) is 1.85. The number of aryl methyl sites for hydroxylation is 1. The Morgan fingerprint density at radius 1 is 1.45 bits per heavy atom. The molecule has 0 saturated heterocycles. The molecule has 11 heavy (non-hydrogen) atoms. The highest BCUT2D eigenvalue weighted by atomic mass is 32.2. The fraction of sp³-hybridized carbons (Fsp3) is 0.250. The van der Waals surface area contributed by atoms with Gasteiger partial charge in [0.15, 0.2) is 0 Å². The maximum absolute atomic E-state index is 11.0. The molecule has 2 nitrogen and oxygen atoms in total. The molecule has 1 N–H and O–H groups in total. The topological polar surface area (TPSA) is 37.3 Å². The van der Waals surface area contributed by atoms with Crippen molar-refractivity contribution < 1.29 is 9.32 Å². The minimum atomic E-state index is -1.10. The average molecular weight is 170 g/mol. The van der Waals surface area contributed by atoms with Crippen molar-refractivity contribution in [3.63, 3.8) is 0 Å². The van der Waals surface area contributed by atoms with Crippen molar-refractivity contribution in [1.29, 1.82) is 0 Å². The summed E-state index contributed by atoms with van der Waals surface area (Å²) in [6, 6.07) is 5.11. The van der Waals surface area contributed by atoms with E-state index in [1.54, 1.807) is 18.4 Å². The first-order valence-electron chi connectivity index (χ1n) is 3.25. The first-order valence-corrected chi connectivity index (χ1v) is 4.80. The zero-order valence-corrected chi connectivity index (χ0v) is 7.31. The van der Waals surface area contributed by atoms with E-state index >= 15 is 0 Å². The largest absolute Gasteiger partial charge is 0.507 e. The summed E-state index contributed by atoms with van der Waals surface area (Å²) in [4.78, 5) is 0.535. The molecule has 1 rings (SSSR count). The third-order valence-electron chi connectivity index (χ3n) is 1.48. The van der Waals surface area contributed by atoms with Crippen LogP contribution in [0.5, 0.6) is 5.75 Å². The fourth-order valence-corrected chi connectivity index (χ4v) is 1.89. The van der Waals surface area contributed by atoms with Crippen LogP contribution in [0.2, 0.25) is 0 Å². The maximum Gasteiger partial charge on any atom is 0.131 e. The summed E-state index contributed by atoms with van der Waals surface area (Å²) < 4.78 is 11.0. The molecule has 0 fully saturated rings. The van der Waals surface area contributed by atoms with E-state index in [4.69, 9.17) is 0 Å². The molecule has 1 aromatic carbocycles. The number of phenolic OH excluding ortho intramolecular Hbond substituents is 1. The Hall–Kier alpha value is -0.830. The third kappa shape index (κ3) is 1.60. The highest BCUT2D eigenvalue weighted by Gasteiger charge is 2.06. The first kappa shape index (κ1) is 8.27. The van der Waals surface area contributed by atoms with Gasteiger partial charge in [0, 0.05) is 6.26 Å². The minimum Gasteiger partial charge on any atom is -0.507 e. The molecule has 0 spiro atoms. The zero-order chi connectivity index (χ0) is 8.43. The summed E-state index contributed by atoms with van der Waals surface area (Å²) in [6.45, 7) is 1.83. The van der Waals surface area contributed by atoms with Gasteiger partial charge in [-0.15, -0.1) is 0 Å². The molecule has 0 amide bonds. The molecule has 0 aliphatic rings. The van der Waals surface area contributed by atoms with E-state index in [1.807, 2.05) is 13.0 Å². The molecular weight excluding hydrogens is 160 g/mol. The van der Waals surface area contributed by atoms with Crippen molar-refractivity contribution in [2.75, 3.05) is 6.26 Å². The van der Waals surface area contributed by atoms with Crippen LogP contribution in [-0.4, -0.2) is 15.6 Å². The summed E-state index contributed by atoms with van der Waals surface area (Å²) in [5.74, 6) is 0.117. The second-order valence-electron chi connectivity index (χ2n) is 2.38. The highest BCUT2D eigenvalue weighted by Crippen LogP contribution is 2.22. The summed E-state index contributed by atoms with van der Waals surface area (Å²) in [5, 5.41) is 9.27. The molecule has 0 aliphatic heterocycles. The lowest BCUT2D eigenvalue weighted by atomic mass is 10.2. The maximum atomic E-state index is 11.0. The van der Waals surface area contributed by atoms with E-state index in [-0.39, 0.29) is 5.75 Å². The normalized spacial score (nSPS) is 12.9. The van der Waals surface area contributed by atoms with E-state index in [1.165, 1.54) is 0 Å². The predicted octanol–water partition coefficient (Wildman–Crippen LogP) is 1.44. The standard InChI is InChI=1S/C8H10O2S/c1-6-4-3-5-7(9)8(6)11(2)10/h3-5,9H,1-2H3. The number of hydrogen-bond donors (Lipinski definition) is 1. The summed E-state index contributed by atoms with van der Waals surface area (Å²) >= 11 is 0. The SMILES string of the molecule is Cc1cccc(O)c1S(C)=O. The van der Waals surface area contributed by atoms with Gasteiger partial charge in [-0.05, 0) is 18.6 Å². The molecular formula is C8H10O2S. The van der Waals surface area contributed by atoms with Crippen molar-refractivity contribution in [3.8, 4) is 5.75 Å².